The van der Waals surface area contributed by atoms with Crippen LogP contribution in [0.25, 0.3) is 0 Å². The fraction of sp³-hybridized carbons (Fsp3) is 0.857. The highest BCUT2D eigenvalue weighted by atomic mass is 16.5. The van der Waals surface area contributed by atoms with Gasteiger partial charge in [-0.3, -0.25) is 4.79 Å². The van der Waals surface area contributed by atoms with E-state index < -0.39 is 6.29 Å². The molecular formula is C7H16O4. The zero-order valence-corrected chi connectivity index (χ0v) is 5.91. The van der Waals surface area contributed by atoms with Gasteiger partial charge >= 0.3 is 5.97 Å². The second kappa shape index (κ2) is 7.50. The van der Waals surface area contributed by atoms with Crippen LogP contribution in [0.5, 0.6) is 0 Å². The van der Waals surface area contributed by atoms with Crippen LogP contribution in [0.1, 0.15) is 26.7 Å². The lowest BCUT2D eigenvalue weighted by Gasteiger charge is -2.00. The molecule has 0 bridgehead atoms. The zero-order valence-electron chi connectivity index (χ0n) is 5.91. The minimum atomic E-state index is -1.32. The van der Waals surface area contributed by atoms with E-state index in [0.717, 1.165) is 0 Å². The standard InChI is InChI=1S/C6H12O4.CH4/c1-10-6(9)4-2-3-5(7)8;/h5,7-8H,2-4H2,1H3;1H4. The molecule has 0 aromatic carbocycles. The maximum absolute atomic E-state index is 10.4. The van der Waals surface area contributed by atoms with Crippen molar-refractivity contribution < 1.29 is 19.7 Å². The summed E-state index contributed by atoms with van der Waals surface area (Å²) in [5, 5.41) is 16.7. The first kappa shape index (κ1) is 13.0. The van der Waals surface area contributed by atoms with E-state index in [2.05, 4.69) is 4.74 Å². The van der Waals surface area contributed by atoms with Crippen LogP contribution in [-0.2, 0) is 9.53 Å². The molecule has 0 saturated carbocycles. The second-order valence-electron chi connectivity index (χ2n) is 1.95. The predicted molar refractivity (Wildman–Crippen MR) is 40.8 cm³/mol. The van der Waals surface area contributed by atoms with Gasteiger partial charge in [0, 0.05) is 6.42 Å². The van der Waals surface area contributed by atoms with Crippen molar-refractivity contribution in [1.82, 2.24) is 0 Å². The van der Waals surface area contributed by atoms with Crippen LogP contribution in [-0.4, -0.2) is 29.6 Å². The highest BCUT2D eigenvalue weighted by molar-refractivity contribution is 5.68. The molecule has 0 amide bonds. The van der Waals surface area contributed by atoms with Crippen LogP contribution < -0.4 is 0 Å². The summed E-state index contributed by atoms with van der Waals surface area (Å²) in [5.74, 6) is -0.319. The Morgan fingerprint density at radius 3 is 2.45 bits per heavy atom. The third kappa shape index (κ3) is 9.39. The second-order valence-corrected chi connectivity index (χ2v) is 1.95. The first-order chi connectivity index (χ1) is 4.66. The Hall–Kier alpha value is -0.610. The topological polar surface area (TPSA) is 66.8 Å². The van der Waals surface area contributed by atoms with Crippen molar-refractivity contribution in [3.8, 4) is 0 Å². The average Bonchev–Trinajstić information content (AvgIpc) is 1.87. The van der Waals surface area contributed by atoms with Gasteiger partial charge in [-0.15, -0.1) is 0 Å². The van der Waals surface area contributed by atoms with Gasteiger partial charge in [-0.25, -0.2) is 0 Å². The number of methoxy groups -OCH3 is 1. The van der Waals surface area contributed by atoms with Gasteiger partial charge < -0.3 is 14.9 Å². The van der Waals surface area contributed by atoms with E-state index in [1.165, 1.54) is 7.11 Å². The van der Waals surface area contributed by atoms with Crippen LogP contribution in [0.2, 0.25) is 0 Å². The molecule has 0 radical (unpaired) electrons. The monoisotopic (exact) mass is 164 g/mol. The first-order valence-electron chi connectivity index (χ1n) is 3.09. The maximum Gasteiger partial charge on any atom is 0.305 e. The molecule has 2 N–H and O–H groups in total. The fourth-order valence-corrected chi connectivity index (χ4v) is 0.531. The molecule has 0 aliphatic carbocycles. The first-order valence-corrected chi connectivity index (χ1v) is 3.09. The SMILES string of the molecule is C.COC(=O)CCCC(O)O. The highest BCUT2D eigenvalue weighted by Gasteiger charge is 2.01. The fourth-order valence-electron chi connectivity index (χ4n) is 0.531. The van der Waals surface area contributed by atoms with Crippen molar-refractivity contribution in [2.24, 2.45) is 0 Å². The predicted octanol–water partition coefficient (Wildman–Crippen LogP) is 0.277. The van der Waals surface area contributed by atoms with Gasteiger partial charge in [0.25, 0.3) is 0 Å². The number of aliphatic hydroxyl groups is 2. The van der Waals surface area contributed by atoms with Crippen molar-refractivity contribution in [3.05, 3.63) is 0 Å². The number of carbonyl (C=O) groups excluding carboxylic acids is 1. The van der Waals surface area contributed by atoms with Crippen LogP contribution in [0, 0.1) is 0 Å². The molecule has 11 heavy (non-hydrogen) atoms. The Morgan fingerprint density at radius 1 is 1.55 bits per heavy atom. The lowest BCUT2D eigenvalue weighted by Crippen LogP contribution is -2.06. The summed E-state index contributed by atoms with van der Waals surface area (Å²) >= 11 is 0. The summed E-state index contributed by atoms with van der Waals surface area (Å²) in [6, 6.07) is 0. The van der Waals surface area contributed by atoms with E-state index in [1.54, 1.807) is 0 Å². The van der Waals surface area contributed by atoms with Gasteiger partial charge in [0.05, 0.1) is 7.11 Å². The van der Waals surface area contributed by atoms with E-state index in [4.69, 9.17) is 10.2 Å². The van der Waals surface area contributed by atoms with Crippen LogP contribution in [0.4, 0.5) is 0 Å². The van der Waals surface area contributed by atoms with Crippen molar-refractivity contribution >= 4 is 5.97 Å². The molecule has 0 saturated heterocycles. The molecule has 0 aliphatic heterocycles. The lowest BCUT2D eigenvalue weighted by molar-refractivity contribution is -0.141. The summed E-state index contributed by atoms with van der Waals surface area (Å²) < 4.78 is 4.33. The van der Waals surface area contributed by atoms with Crippen molar-refractivity contribution in [3.63, 3.8) is 0 Å². The number of carbonyl (C=O) groups is 1. The summed E-state index contributed by atoms with van der Waals surface area (Å²) in [5.41, 5.74) is 0. The third-order valence-corrected chi connectivity index (χ3v) is 1.07. The minimum absolute atomic E-state index is 0. The minimum Gasteiger partial charge on any atom is -0.469 e. The normalized spacial score (nSPS) is 9.09. The Bertz CT molecular complexity index is 101. The number of rotatable bonds is 4. The Labute approximate surface area is 66.8 Å². The van der Waals surface area contributed by atoms with Gasteiger partial charge in [-0.1, -0.05) is 7.43 Å². The summed E-state index contributed by atoms with van der Waals surface area (Å²) in [6.07, 6.45) is -0.405. The average molecular weight is 164 g/mol. The largest absolute Gasteiger partial charge is 0.469 e. The molecule has 0 rings (SSSR count). The van der Waals surface area contributed by atoms with Crippen molar-refractivity contribution in [1.29, 1.82) is 0 Å². The molecule has 0 aromatic heterocycles. The van der Waals surface area contributed by atoms with Crippen molar-refractivity contribution in [2.45, 2.75) is 33.0 Å². The molecule has 0 spiro atoms. The molecule has 0 unspecified atom stereocenters. The molecule has 0 aromatic rings. The molecule has 0 aliphatic rings. The summed E-state index contributed by atoms with van der Waals surface area (Å²) in [4.78, 5) is 10.4. The summed E-state index contributed by atoms with van der Waals surface area (Å²) in [7, 11) is 1.30. The van der Waals surface area contributed by atoms with E-state index in [-0.39, 0.29) is 26.2 Å². The highest BCUT2D eigenvalue weighted by Crippen LogP contribution is 1.98. The van der Waals surface area contributed by atoms with Gasteiger partial charge in [-0.05, 0) is 12.8 Å². The number of esters is 1. The summed E-state index contributed by atoms with van der Waals surface area (Å²) in [6.45, 7) is 0. The van der Waals surface area contributed by atoms with Crippen LogP contribution in [0.3, 0.4) is 0 Å². The van der Waals surface area contributed by atoms with Gasteiger partial charge in [0.1, 0.15) is 0 Å². The number of aliphatic hydroxyl groups excluding tert-OH is 1. The van der Waals surface area contributed by atoms with Crippen LogP contribution in [0.15, 0.2) is 0 Å². The number of hydrogen-bond acceptors (Lipinski definition) is 4. The molecule has 4 nitrogen and oxygen atoms in total. The molecule has 0 fully saturated rings. The maximum atomic E-state index is 10.4. The third-order valence-electron chi connectivity index (χ3n) is 1.07. The molecule has 68 valence electrons. The van der Waals surface area contributed by atoms with E-state index in [9.17, 15) is 4.79 Å². The van der Waals surface area contributed by atoms with Gasteiger partial charge in [-0.2, -0.15) is 0 Å². The van der Waals surface area contributed by atoms with Gasteiger partial charge in [0.15, 0.2) is 6.29 Å². The Morgan fingerprint density at radius 2 is 2.09 bits per heavy atom. The number of ether oxygens (including phenoxy) is 1. The van der Waals surface area contributed by atoms with Gasteiger partial charge in [0.2, 0.25) is 0 Å². The molecular weight excluding hydrogens is 148 g/mol. The quantitative estimate of drug-likeness (QED) is 0.462. The molecule has 0 atom stereocenters. The lowest BCUT2D eigenvalue weighted by atomic mass is 10.2. The Kier molecular flexibility index (Phi) is 8.87. The van der Waals surface area contributed by atoms with Crippen LogP contribution >= 0.6 is 0 Å². The smallest absolute Gasteiger partial charge is 0.305 e. The Balaban J connectivity index is 0. The number of hydrogen-bond donors (Lipinski definition) is 2. The zero-order chi connectivity index (χ0) is 7.98. The van der Waals surface area contributed by atoms with Crippen molar-refractivity contribution in [2.75, 3.05) is 7.11 Å². The van der Waals surface area contributed by atoms with E-state index >= 15 is 0 Å². The van der Waals surface area contributed by atoms with E-state index in [0.29, 0.717) is 6.42 Å². The molecule has 4 heteroatoms. The molecule has 0 heterocycles. The van der Waals surface area contributed by atoms with E-state index in [1.807, 2.05) is 0 Å².